The van der Waals surface area contributed by atoms with E-state index in [1.807, 2.05) is 17.0 Å². The van der Waals surface area contributed by atoms with Crippen LogP contribution in [0.4, 0.5) is 0 Å². The Morgan fingerprint density at radius 1 is 1.25 bits per heavy atom. The molecular weight excluding hydrogens is 326 g/mol. The van der Waals surface area contributed by atoms with E-state index in [-0.39, 0.29) is 5.91 Å². The van der Waals surface area contributed by atoms with Crippen LogP contribution < -0.4 is 0 Å². The van der Waals surface area contributed by atoms with Crippen molar-refractivity contribution >= 4 is 17.5 Å². The Labute approximate surface area is 147 Å². The van der Waals surface area contributed by atoms with Crippen molar-refractivity contribution in [1.29, 1.82) is 0 Å². The summed E-state index contributed by atoms with van der Waals surface area (Å²) in [4.78, 5) is 14.3. The fourth-order valence-corrected chi connectivity index (χ4v) is 3.07. The van der Waals surface area contributed by atoms with E-state index in [4.69, 9.17) is 16.0 Å². The molecule has 2 heterocycles. The summed E-state index contributed by atoms with van der Waals surface area (Å²) in [5.74, 6) is 1.84. The van der Waals surface area contributed by atoms with Crippen LogP contribution in [0.1, 0.15) is 38.5 Å². The first-order chi connectivity index (χ1) is 11.6. The highest BCUT2D eigenvalue weighted by atomic mass is 35.5. The molecule has 1 amide bonds. The van der Waals surface area contributed by atoms with Gasteiger partial charge in [0.25, 0.3) is 0 Å². The molecule has 0 bridgehead atoms. The van der Waals surface area contributed by atoms with Gasteiger partial charge in [0.2, 0.25) is 17.7 Å². The summed E-state index contributed by atoms with van der Waals surface area (Å²) in [5, 5.41) is 8.75. The number of aromatic nitrogens is 2. The van der Waals surface area contributed by atoms with Gasteiger partial charge in [0.1, 0.15) is 0 Å². The molecule has 1 aliphatic rings. The number of hydrogen-bond donors (Lipinski definition) is 0. The number of rotatable bonds is 4. The van der Waals surface area contributed by atoms with Gasteiger partial charge in [0, 0.05) is 36.5 Å². The Morgan fingerprint density at radius 3 is 2.83 bits per heavy atom. The summed E-state index contributed by atoms with van der Waals surface area (Å²) in [7, 11) is 0. The number of nitrogens with zero attached hydrogens (tertiary/aromatic N) is 3. The van der Waals surface area contributed by atoms with Gasteiger partial charge in [-0.25, -0.2) is 0 Å². The smallest absolute Gasteiger partial charge is 0.247 e. The minimum absolute atomic E-state index is 0.176. The molecule has 5 nitrogen and oxygen atoms in total. The Bertz CT molecular complexity index is 684. The molecule has 1 atom stereocenters. The Kier molecular flexibility index (Phi) is 5.51. The van der Waals surface area contributed by atoms with Gasteiger partial charge in [-0.1, -0.05) is 18.5 Å². The Hall–Kier alpha value is -1.88. The van der Waals surface area contributed by atoms with Crippen LogP contribution in [-0.2, 0) is 11.2 Å². The molecule has 2 aromatic rings. The summed E-state index contributed by atoms with van der Waals surface area (Å²) in [5.41, 5.74) is 0.825. The van der Waals surface area contributed by atoms with Crippen molar-refractivity contribution in [2.45, 2.75) is 39.0 Å². The van der Waals surface area contributed by atoms with Crippen LogP contribution in [0.25, 0.3) is 11.5 Å². The summed E-state index contributed by atoms with van der Waals surface area (Å²) >= 11 is 5.87. The molecule has 1 fully saturated rings. The lowest BCUT2D eigenvalue weighted by atomic mass is 10.0. The van der Waals surface area contributed by atoms with E-state index < -0.39 is 0 Å². The maximum atomic E-state index is 12.4. The van der Waals surface area contributed by atoms with Crippen molar-refractivity contribution in [2.24, 2.45) is 5.92 Å². The van der Waals surface area contributed by atoms with E-state index in [2.05, 4.69) is 17.1 Å². The molecule has 0 spiro atoms. The maximum absolute atomic E-state index is 12.4. The van der Waals surface area contributed by atoms with Gasteiger partial charge in [-0.05, 0) is 49.4 Å². The first kappa shape index (κ1) is 17.0. The predicted molar refractivity (Wildman–Crippen MR) is 92.7 cm³/mol. The number of hydrogen-bond acceptors (Lipinski definition) is 4. The topological polar surface area (TPSA) is 59.2 Å². The number of benzene rings is 1. The maximum Gasteiger partial charge on any atom is 0.247 e. The van der Waals surface area contributed by atoms with E-state index in [9.17, 15) is 4.79 Å². The van der Waals surface area contributed by atoms with E-state index in [1.54, 1.807) is 12.1 Å². The van der Waals surface area contributed by atoms with Gasteiger partial charge in [-0.15, -0.1) is 10.2 Å². The van der Waals surface area contributed by atoms with Crippen LogP contribution >= 0.6 is 11.6 Å². The highest BCUT2D eigenvalue weighted by Gasteiger charge is 2.19. The summed E-state index contributed by atoms with van der Waals surface area (Å²) in [6.45, 7) is 3.98. The van der Waals surface area contributed by atoms with Crippen LogP contribution in [0.5, 0.6) is 0 Å². The lowest BCUT2D eigenvalue weighted by Crippen LogP contribution is -2.32. The SMILES string of the molecule is CC1CCCN(C(=O)CCc2nnc(-c3ccc(Cl)cc3)o2)CC1. The van der Waals surface area contributed by atoms with Crippen LogP contribution in [0.2, 0.25) is 5.02 Å². The van der Waals surface area contributed by atoms with Crippen molar-refractivity contribution < 1.29 is 9.21 Å². The second kappa shape index (κ2) is 7.79. The minimum Gasteiger partial charge on any atom is -0.421 e. The molecule has 1 aromatic heterocycles. The average molecular weight is 348 g/mol. The third kappa shape index (κ3) is 4.35. The number of carbonyl (C=O) groups is 1. The zero-order valence-corrected chi connectivity index (χ0v) is 14.6. The number of likely N-dealkylation sites (tertiary alicyclic amines) is 1. The lowest BCUT2D eigenvalue weighted by Gasteiger charge is -2.20. The number of amides is 1. The summed E-state index contributed by atoms with van der Waals surface area (Å²) in [6, 6.07) is 7.24. The van der Waals surface area contributed by atoms with Crippen molar-refractivity contribution in [3.63, 3.8) is 0 Å². The van der Waals surface area contributed by atoms with Crippen molar-refractivity contribution in [3.8, 4) is 11.5 Å². The van der Waals surface area contributed by atoms with Gasteiger partial charge >= 0.3 is 0 Å². The van der Waals surface area contributed by atoms with Crippen molar-refractivity contribution in [1.82, 2.24) is 15.1 Å². The standard InChI is InChI=1S/C18H22ClN3O2/c1-13-3-2-11-22(12-10-13)17(23)9-8-16-20-21-18(24-16)14-4-6-15(19)7-5-14/h4-7,13H,2-3,8-12H2,1H3. The Morgan fingerprint density at radius 2 is 2.04 bits per heavy atom. The summed E-state index contributed by atoms with van der Waals surface area (Å²) < 4.78 is 5.65. The molecule has 0 radical (unpaired) electrons. The van der Waals surface area contributed by atoms with Crippen LogP contribution in [-0.4, -0.2) is 34.1 Å². The molecule has 1 aliphatic heterocycles. The first-order valence-electron chi connectivity index (χ1n) is 8.48. The number of carbonyl (C=O) groups excluding carboxylic acids is 1. The van der Waals surface area contributed by atoms with Gasteiger partial charge < -0.3 is 9.32 Å². The Balaban J connectivity index is 1.55. The summed E-state index contributed by atoms with van der Waals surface area (Å²) in [6.07, 6.45) is 4.28. The fourth-order valence-electron chi connectivity index (χ4n) is 2.95. The normalized spacial score (nSPS) is 18.4. The van der Waals surface area contributed by atoms with E-state index in [0.29, 0.717) is 35.6 Å². The molecule has 1 saturated heterocycles. The second-order valence-corrected chi connectivity index (χ2v) is 6.86. The van der Waals surface area contributed by atoms with Crippen molar-refractivity contribution in [2.75, 3.05) is 13.1 Å². The molecule has 6 heteroatoms. The van der Waals surface area contributed by atoms with E-state index >= 15 is 0 Å². The van der Waals surface area contributed by atoms with Gasteiger partial charge in [-0.3, -0.25) is 4.79 Å². The minimum atomic E-state index is 0.176. The molecule has 128 valence electrons. The molecule has 0 saturated carbocycles. The third-order valence-corrected chi connectivity index (χ3v) is 4.73. The third-order valence-electron chi connectivity index (χ3n) is 4.48. The van der Waals surface area contributed by atoms with E-state index in [1.165, 1.54) is 6.42 Å². The molecule has 0 aliphatic carbocycles. The molecule has 1 unspecified atom stereocenters. The zero-order valence-electron chi connectivity index (χ0n) is 13.9. The fraction of sp³-hybridized carbons (Fsp3) is 0.500. The largest absolute Gasteiger partial charge is 0.421 e. The predicted octanol–water partition coefficient (Wildman–Crippen LogP) is 3.97. The lowest BCUT2D eigenvalue weighted by molar-refractivity contribution is -0.131. The monoisotopic (exact) mass is 347 g/mol. The zero-order chi connectivity index (χ0) is 16.9. The van der Waals surface area contributed by atoms with Crippen LogP contribution in [0.15, 0.2) is 28.7 Å². The number of halogens is 1. The molecule has 3 rings (SSSR count). The molecule has 1 aromatic carbocycles. The molecule has 24 heavy (non-hydrogen) atoms. The number of aryl methyl sites for hydroxylation is 1. The highest BCUT2D eigenvalue weighted by molar-refractivity contribution is 6.30. The van der Waals surface area contributed by atoms with Crippen LogP contribution in [0.3, 0.4) is 0 Å². The first-order valence-corrected chi connectivity index (χ1v) is 8.85. The van der Waals surface area contributed by atoms with Crippen LogP contribution in [0, 0.1) is 5.92 Å². The van der Waals surface area contributed by atoms with Gasteiger partial charge in [0.05, 0.1) is 0 Å². The highest BCUT2D eigenvalue weighted by Crippen LogP contribution is 2.21. The van der Waals surface area contributed by atoms with Gasteiger partial charge in [-0.2, -0.15) is 0 Å². The van der Waals surface area contributed by atoms with Crippen molar-refractivity contribution in [3.05, 3.63) is 35.2 Å². The molecular formula is C18H22ClN3O2. The average Bonchev–Trinajstić information content (AvgIpc) is 2.94. The molecule has 0 N–H and O–H groups in total. The second-order valence-electron chi connectivity index (χ2n) is 6.42. The quantitative estimate of drug-likeness (QED) is 0.839. The van der Waals surface area contributed by atoms with E-state index in [0.717, 1.165) is 31.5 Å². The van der Waals surface area contributed by atoms with Gasteiger partial charge in [0.15, 0.2) is 0 Å².